The maximum absolute atomic E-state index is 12.6. The van der Waals surface area contributed by atoms with E-state index in [-0.39, 0.29) is 12.5 Å². The molecule has 0 bridgehead atoms. The molecule has 7 heteroatoms. The fourth-order valence-electron chi connectivity index (χ4n) is 3.21. The van der Waals surface area contributed by atoms with Gasteiger partial charge in [-0.1, -0.05) is 24.3 Å². The van der Waals surface area contributed by atoms with E-state index in [1.807, 2.05) is 48.2 Å². The predicted molar refractivity (Wildman–Crippen MR) is 109 cm³/mol. The zero-order valence-electron chi connectivity index (χ0n) is 14.3. The van der Waals surface area contributed by atoms with Crippen molar-refractivity contribution in [2.75, 3.05) is 11.9 Å². The van der Waals surface area contributed by atoms with Gasteiger partial charge in [-0.2, -0.15) is 0 Å². The molecule has 0 spiro atoms. The quantitative estimate of drug-likeness (QED) is 0.704. The van der Waals surface area contributed by atoms with Crippen LogP contribution in [0.4, 0.5) is 5.69 Å². The number of nitrogens with one attached hydrogen (secondary N) is 1. The molecule has 0 radical (unpaired) electrons. The van der Waals surface area contributed by atoms with Crippen LogP contribution in [0.3, 0.4) is 0 Å². The lowest BCUT2D eigenvalue weighted by atomic mass is 9.93. The molecule has 1 aliphatic rings. The molecule has 1 heterocycles. The molecular formula is C19H19Br2N3O2. The lowest BCUT2D eigenvalue weighted by Crippen LogP contribution is -2.50. The van der Waals surface area contributed by atoms with E-state index in [1.165, 1.54) is 0 Å². The summed E-state index contributed by atoms with van der Waals surface area (Å²) in [6.07, 6.45) is 0.525. The summed E-state index contributed by atoms with van der Waals surface area (Å²) in [6.45, 7) is 2.59. The molecule has 5 nitrogen and oxygen atoms in total. The first-order valence-corrected chi connectivity index (χ1v) is 9.79. The highest BCUT2D eigenvalue weighted by Gasteiger charge is 2.31. The van der Waals surface area contributed by atoms with Crippen LogP contribution in [0.2, 0.25) is 0 Å². The van der Waals surface area contributed by atoms with E-state index < -0.39 is 11.9 Å². The van der Waals surface area contributed by atoms with E-state index in [0.29, 0.717) is 18.7 Å². The second-order valence-electron chi connectivity index (χ2n) is 6.45. The topological polar surface area (TPSA) is 75.4 Å². The zero-order chi connectivity index (χ0) is 18.8. The van der Waals surface area contributed by atoms with Crippen molar-refractivity contribution in [1.82, 2.24) is 4.90 Å². The average molecular weight is 481 g/mol. The first-order chi connectivity index (χ1) is 12.3. The number of amides is 2. The maximum atomic E-state index is 12.6. The van der Waals surface area contributed by atoms with Crippen LogP contribution in [0.25, 0.3) is 0 Å². The Morgan fingerprint density at radius 3 is 2.42 bits per heavy atom. The molecule has 1 atom stereocenters. The highest BCUT2D eigenvalue weighted by molar-refractivity contribution is 9.11. The Balaban J connectivity index is 1.77. The number of hydrogen-bond acceptors (Lipinski definition) is 3. The SMILES string of the molecule is Cc1cc(Br)c(NC(=O)CN2Cc3ccccc3C[C@H]2C(N)=O)c(Br)c1. The highest BCUT2D eigenvalue weighted by atomic mass is 79.9. The van der Waals surface area contributed by atoms with Gasteiger partial charge in [0, 0.05) is 15.5 Å². The summed E-state index contributed by atoms with van der Waals surface area (Å²) < 4.78 is 1.60. The van der Waals surface area contributed by atoms with Crippen molar-refractivity contribution in [2.24, 2.45) is 5.73 Å². The van der Waals surface area contributed by atoms with Crippen LogP contribution in [-0.4, -0.2) is 29.3 Å². The van der Waals surface area contributed by atoms with Gasteiger partial charge < -0.3 is 11.1 Å². The molecule has 2 aromatic rings. The number of halogens is 2. The van der Waals surface area contributed by atoms with Crippen molar-refractivity contribution in [3.8, 4) is 0 Å². The number of aryl methyl sites for hydroxylation is 1. The smallest absolute Gasteiger partial charge is 0.238 e. The Morgan fingerprint density at radius 2 is 1.81 bits per heavy atom. The molecule has 0 unspecified atom stereocenters. The van der Waals surface area contributed by atoms with Crippen molar-refractivity contribution in [3.63, 3.8) is 0 Å². The minimum absolute atomic E-state index is 0.0920. The number of fused-ring (bicyclic) bond motifs is 1. The van der Waals surface area contributed by atoms with E-state index >= 15 is 0 Å². The third-order valence-electron chi connectivity index (χ3n) is 4.47. The van der Waals surface area contributed by atoms with Gasteiger partial charge in [0.15, 0.2) is 0 Å². The number of nitrogens with two attached hydrogens (primary N) is 1. The fourth-order valence-corrected chi connectivity index (χ4v) is 4.82. The monoisotopic (exact) mass is 479 g/mol. The molecule has 3 rings (SSSR count). The van der Waals surface area contributed by atoms with Gasteiger partial charge >= 0.3 is 0 Å². The summed E-state index contributed by atoms with van der Waals surface area (Å²) in [4.78, 5) is 26.3. The summed E-state index contributed by atoms with van der Waals surface area (Å²) in [5.74, 6) is -0.606. The number of hydrogen-bond donors (Lipinski definition) is 2. The van der Waals surface area contributed by atoms with Gasteiger partial charge in [-0.25, -0.2) is 0 Å². The van der Waals surface area contributed by atoms with Crippen molar-refractivity contribution >= 4 is 49.4 Å². The number of rotatable bonds is 4. The maximum Gasteiger partial charge on any atom is 0.238 e. The van der Waals surface area contributed by atoms with Gasteiger partial charge in [0.05, 0.1) is 18.3 Å². The molecule has 2 aromatic carbocycles. The third kappa shape index (κ3) is 4.16. The highest BCUT2D eigenvalue weighted by Crippen LogP contribution is 2.32. The van der Waals surface area contributed by atoms with Crippen LogP contribution in [-0.2, 0) is 22.6 Å². The summed E-state index contributed by atoms with van der Waals surface area (Å²) in [6, 6.07) is 11.3. The normalized spacial score (nSPS) is 16.8. The molecule has 0 saturated heterocycles. The van der Waals surface area contributed by atoms with Gasteiger partial charge in [0.1, 0.15) is 0 Å². The second-order valence-corrected chi connectivity index (χ2v) is 8.16. The van der Waals surface area contributed by atoms with Gasteiger partial charge in [-0.05, 0) is 74.0 Å². The van der Waals surface area contributed by atoms with Gasteiger partial charge in [-0.3, -0.25) is 14.5 Å². The zero-order valence-corrected chi connectivity index (χ0v) is 17.4. The first-order valence-electron chi connectivity index (χ1n) is 8.21. The van der Waals surface area contributed by atoms with E-state index in [9.17, 15) is 9.59 Å². The number of primary amides is 1. The molecule has 3 N–H and O–H groups in total. The lowest BCUT2D eigenvalue weighted by molar-refractivity contribution is -0.125. The predicted octanol–water partition coefficient (Wildman–Crippen LogP) is 3.37. The number of carbonyl (C=O) groups excluding carboxylic acids is 2. The van der Waals surface area contributed by atoms with Gasteiger partial charge in [0.25, 0.3) is 0 Å². The second kappa shape index (κ2) is 7.90. The van der Waals surface area contributed by atoms with Crippen molar-refractivity contribution < 1.29 is 9.59 Å². The minimum atomic E-state index is -0.486. The Labute approximate surface area is 169 Å². The van der Waals surface area contributed by atoms with Crippen molar-refractivity contribution in [2.45, 2.75) is 25.9 Å². The van der Waals surface area contributed by atoms with Crippen LogP contribution >= 0.6 is 31.9 Å². The van der Waals surface area contributed by atoms with Crippen molar-refractivity contribution in [3.05, 3.63) is 62.0 Å². The summed E-state index contributed by atoms with van der Waals surface area (Å²) in [5, 5.41) is 2.91. The van der Waals surface area contributed by atoms with Gasteiger partial charge in [0.2, 0.25) is 11.8 Å². The summed E-state index contributed by atoms with van der Waals surface area (Å²) in [7, 11) is 0. The van der Waals surface area contributed by atoms with Gasteiger partial charge in [-0.15, -0.1) is 0 Å². The molecule has 1 aliphatic heterocycles. The van der Waals surface area contributed by atoms with Crippen LogP contribution < -0.4 is 11.1 Å². The fraction of sp³-hybridized carbons (Fsp3) is 0.263. The van der Waals surface area contributed by atoms with Crippen LogP contribution in [0.5, 0.6) is 0 Å². The molecule has 0 fully saturated rings. The van der Waals surface area contributed by atoms with Crippen LogP contribution in [0.15, 0.2) is 45.3 Å². The Morgan fingerprint density at radius 1 is 1.19 bits per heavy atom. The summed E-state index contributed by atoms with van der Waals surface area (Å²) in [5.41, 5.74) is 9.56. The largest absolute Gasteiger partial charge is 0.368 e. The van der Waals surface area contributed by atoms with Crippen molar-refractivity contribution in [1.29, 1.82) is 0 Å². The number of anilines is 1. The molecule has 0 saturated carbocycles. The van der Waals surface area contributed by atoms with Crippen LogP contribution in [0.1, 0.15) is 16.7 Å². The number of nitrogens with zero attached hydrogens (tertiary/aromatic N) is 1. The molecule has 0 aliphatic carbocycles. The molecule has 0 aromatic heterocycles. The van der Waals surface area contributed by atoms with E-state index in [2.05, 4.69) is 37.2 Å². The third-order valence-corrected chi connectivity index (χ3v) is 5.72. The molecule has 136 valence electrons. The average Bonchev–Trinajstić information content (AvgIpc) is 2.57. The standard InChI is InChI=1S/C19H19Br2N3O2/c1-11-6-14(20)18(15(21)7-11)23-17(25)10-24-9-13-5-3-2-4-12(13)8-16(24)19(22)26/h2-7,16H,8-10H2,1H3,(H2,22,26)(H,23,25)/t16-/m0/s1. The van der Waals surface area contributed by atoms with E-state index in [1.54, 1.807) is 0 Å². The molecule has 26 heavy (non-hydrogen) atoms. The number of benzene rings is 2. The number of carbonyl (C=O) groups is 2. The Hall–Kier alpha value is -1.70. The molecule has 2 amide bonds. The Bertz CT molecular complexity index is 847. The Kier molecular flexibility index (Phi) is 5.79. The van der Waals surface area contributed by atoms with Crippen LogP contribution in [0, 0.1) is 6.92 Å². The molecular weight excluding hydrogens is 462 g/mol. The van der Waals surface area contributed by atoms with E-state index in [4.69, 9.17) is 5.73 Å². The minimum Gasteiger partial charge on any atom is -0.368 e. The van der Waals surface area contributed by atoms with E-state index in [0.717, 1.165) is 25.6 Å². The summed E-state index contributed by atoms with van der Waals surface area (Å²) >= 11 is 6.95. The lowest BCUT2D eigenvalue weighted by Gasteiger charge is -2.34. The first kappa shape index (κ1) is 19.1.